The summed E-state index contributed by atoms with van der Waals surface area (Å²) in [5.41, 5.74) is 5.70. The lowest BCUT2D eigenvalue weighted by atomic mass is 10.4. The van der Waals surface area contributed by atoms with Crippen molar-refractivity contribution in [3.8, 4) is 0 Å². The normalized spacial score (nSPS) is 10.0. The molecule has 0 fully saturated rings. The van der Waals surface area contributed by atoms with Crippen molar-refractivity contribution in [2.24, 2.45) is 0 Å². The molecule has 0 aliphatic rings. The molecule has 0 aliphatic heterocycles. The van der Waals surface area contributed by atoms with Crippen molar-refractivity contribution in [3.05, 3.63) is 26.2 Å². The number of anilines is 1. The largest absolute Gasteiger partial charge is 0.394 e. The molecule has 0 atom stereocenters. The summed E-state index contributed by atoms with van der Waals surface area (Å²) >= 11 is 1.99. The van der Waals surface area contributed by atoms with Crippen LogP contribution < -0.4 is 11.2 Å². The topological polar surface area (TPSA) is 48.0 Å². The molecule has 1 rings (SSSR count). The van der Waals surface area contributed by atoms with Gasteiger partial charge in [0, 0.05) is 18.9 Å². The molecule has 0 spiro atoms. The van der Waals surface area contributed by atoms with Gasteiger partial charge in [-0.25, -0.2) is 0 Å². The number of pyridine rings is 1. The molecule has 1 aromatic rings. The lowest BCUT2D eigenvalue weighted by Gasteiger charge is -2.03. The summed E-state index contributed by atoms with van der Waals surface area (Å²) in [6, 6.07) is 0. The van der Waals surface area contributed by atoms with Crippen molar-refractivity contribution in [1.82, 2.24) is 4.57 Å². The van der Waals surface area contributed by atoms with Crippen molar-refractivity contribution in [3.63, 3.8) is 0 Å². The molecule has 11 heavy (non-hydrogen) atoms. The van der Waals surface area contributed by atoms with Crippen LogP contribution in [0.15, 0.2) is 17.2 Å². The second kappa shape index (κ2) is 3.25. The molecule has 4 heteroatoms. The highest BCUT2D eigenvalue weighted by Crippen LogP contribution is 2.01. The molecule has 3 nitrogen and oxygen atoms in total. The van der Waals surface area contributed by atoms with Gasteiger partial charge in [-0.15, -0.1) is 0 Å². The number of nitrogens with two attached hydrogens (primary N) is 1. The first-order chi connectivity index (χ1) is 5.15. The van der Waals surface area contributed by atoms with Gasteiger partial charge in [0.05, 0.1) is 9.26 Å². The minimum atomic E-state index is -0.0738. The third-order valence-corrected chi connectivity index (χ3v) is 2.20. The van der Waals surface area contributed by atoms with E-state index in [0.29, 0.717) is 9.26 Å². The number of nitrogens with zero attached hydrogens (tertiary/aromatic N) is 1. The molecule has 0 aliphatic carbocycles. The number of rotatable bonds is 1. The minimum absolute atomic E-state index is 0.0738. The maximum atomic E-state index is 11.1. The summed E-state index contributed by atoms with van der Waals surface area (Å²) in [5, 5.41) is 0. The number of halogens is 1. The van der Waals surface area contributed by atoms with E-state index in [2.05, 4.69) is 0 Å². The number of aromatic nitrogens is 1. The first kappa shape index (κ1) is 8.58. The maximum Gasteiger partial charge on any atom is 0.217 e. The first-order valence-corrected chi connectivity index (χ1v) is 4.38. The van der Waals surface area contributed by atoms with E-state index in [9.17, 15) is 4.79 Å². The van der Waals surface area contributed by atoms with E-state index in [4.69, 9.17) is 5.73 Å². The van der Waals surface area contributed by atoms with Gasteiger partial charge in [0.15, 0.2) is 0 Å². The number of aryl methyl sites for hydroxylation is 1. The first-order valence-electron chi connectivity index (χ1n) is 3.30. The van der Waals surface area contributed by atoms with Crippen molar-refractivity contribution in [2.75, 3.05) is 5.73 Å². The lowest BCUT2D eigenvalue weighted by Crippen LogP contribution is -2.14. The molecule has 0 aromatic carbocycles. The van der Waals surface area contributed by atoms with E-state index in [1.54, 1.807) is 12.4 Å². The third kappa shape index (κ3) is 1.74. The summed E-state index contributed by atoms with van der Waals surface area (Å²) in [7, 11) is 0. The number of nitrogen functional groups attached to an aromatic ring is 1. The Morgan fingerprint density at radius 3 is 2.73 bits per heavy atom. The molecule has 1 aromatic heterocycles. The number of hydrogen-bond acceptors (Lipinski definition) is 2. The van der Waals surface area contributed by atoms with E-state index < -0.39 is 0 Å². The molecular weight excluding hydrogens is 255 g/mol. The van der Waals surface area contributed by atoms with Crippen molar-refractivity contribution < 1.29 is 0 Å². The molecule has 2 N–H and O–H groups in total. The molecular formula is C7H9IN2O. The van der Waals surface area contributed by atoms with Crippen molar-refractivity contribution in [1.29, 1.82) is 0 Å². The second-order valence-corrected chi connectivity index (χ2v) is 3.38. The second-order valence-electron chi connectivity index (χ2n) is 2.22. The van der Waals surface area contributed by atoms with Gasteiger partial charge in [-0.1, -0.05) is 0 Å². The highest BCUT2D eigenvalue weighted by atomic mass is 127. The lowest BCUT2D eigenvalue weighted by molar-refractivity contribution is 0.752. The fourth-order valence-corrected chi connectivity index (χ4v) is 1.47. The van der Waals surface area contributed by atoms with Crippen LogP contribution in [-0.2, 0) is 6.54 Å². The fraction of sp³-hybridized carbons (Fsp3) is 0.286. The predicted octanol–water partition coefficient (Wildman–Crippen LogP) is 1.06. The molecule has 0 saturated carbocycles. The zero-order chi connectivity index (χ0) is 8.43. The Balaban J connectivity index is 3.32. The number of hydrogen-bond donors (Lipinski definition) is 1. The van der Waals surface area contributed by atoms with Gasteiger partial charge in [0.1, 0.15) is 0 Å². The summed E-state index contributed by atoms with van der Waals surface area (Å²) in [6.07, 6.45) is 3.45. The summed E-state index contributed by atoms with van der Waals surface area (Å²) in [5.74, 6) is 0. The maximum absolute atomic E-state index is 11.1. The Kier molecular flexibility index (Phi) is 2.53. The average Bonchev–Trinajstić information content (AvgIpc) is 1.99. The van der Waals surface area contributed by atoms with Gasteiger partial charge in [0.2, 0.25) is 5.43 Å². The highest BCUT2D eigenvalue weighted by molar-refractivity contribution is 14.1. The molecule has 0 saturated heterocycles. The molecule has 0 amide bonds. The Morgan fingerprint density at radius 2 is 2.27 bits per heavy atom. The van der Waals surface area contributed by atoms with Crippen molar-refractivity contribution in [2.45, 2.75) is 13.5 Å². The van der Waals surface area contributed by atoms with Gasteiger partial charge in [-0.2, -0.15) is 0 Å². The van der Waals surface area contributed by atoms with Crippen LogP contribution in [0.3, 0.4) is 0 Å². The monoisotopic (exact) mass is 264 g/mol. The van der Waals surface area contributed by atoms with Gasteiger partial charge in [-0.05, 0) is 29.5 Å². The quantitative estimate of drug-likeness (QED) is 0.771. The van der Waals surface area contributed by atoms with Crippen LogP contribution in [0.4, 0.5) is 5.69 Å². The van der Waals surface area contributed by atoms with Gasteiger partial charge >= 0.3 is 0 Å². The smallest absolute Gasteiger partial charge is 0.217 e. The van der Waals surface area contributed by atoms with Gasteiger partial charge in [0.25, 0.3) is 0 Å². The summed E-state index contributed by atoms with van der Waals surface area (Å²) in [6.45, 7) is 2.83. The van der Waals surface area contributed by atoms with E-state index in [0.717, 1.165) is 6.54 Å². The average molecular weight is 264 g/mol. The zero-order valence-electron chi connectivity index (χ0n) is 6.17. The summed E-state index contributed by atoms with van der Waals surface area (Å²) < 4.78 is 2.56. The van der Waals surface area contributed by atoms with Crippen LogP contribution in [-0.4, -0.2) is 4.57 Å². The minimum Gasteiger partial charge on any atom is -0.394 e. The van der Waals surface area contributed by atoms with Crippen LogP contribution in [0.1, 0.15) is 6.92 Å². The van der Waals surface area contributed by atoms with E-state index in [-0.39, 0.29) is 5.43 Å². The Labute approximate surface area is 78.4 Å². The van der Waals surface area contributed by atoms with Crippen LogP contribution in [0.25, 0.3) is 0 Å². The SMILES string of the molecule is CCn1cc(N)c(=O)c(I)c1. The Morgan fingerprint density at radius 1 is 1.64 bits per heavy atom. The molecule has 1 heterocycles. The molecule has 0 unspecified atom stereocenters. The highest BCUT2D eigenvalue weighted by Gasteiger charge is 1.99. The van der Waals surface area contributed by atoms with E-state index in [1.165, 1.54) is 0 Å². The van der Waals surface area contributed by atoms with Crippen molar-refractivity contribution >= 4 is 28.3 Å². The van der Waals surface area contributed by atoms with E-state index >= 15 is 0 Å². The standard InChI is InChI=1S/C7H9IN2O/c1-2-10-3-5(8)7(11)6(9)4-10/h3-4H,2,9H2,1H3. The van der Waals surface area contributed by atoms with Gasteiger partial charge < -0.3 is 10.3 Å². The van der Waals surface area contributed by atoms with Crippen LogP contribution in [0, 0.1) is 3.57 Å². The fourth-order valence-electron chi connectivity index (χ4n) is 0.799. The zero-order valence-corrected chi connectivity index (χ0v) is 8.33. The molecule has 0 radical (unpaired) electrons. The summed E-state index contributed by atoms with van der Waals surface area (Å²) in [4.78, 5) is 11.1. The third-order valence-electron chi connectivity index (χ3n) is 1.43. The van der Waals surface area contributed by atoms with Gasteiger partial charge in [-0.3, -0.25) is 4.79 Å². The van der Waals surface area contributed by atoms with E-state index in [1.807, 2.05) is 34.1 Å². The Hall–Kier alpha value is -0.520. The van der Waals surface area contributed by atoms with Crippen LogP contribution >= 0.6 is 22.6 Å². The van der Waals surface area contributed by atoms with Crippen LogP contribution in [0.5, 0.6) is 0 Å². The Bertz CT molecular complexity index is 292. The molecule has 60 valence electrons. The van der Waals surface area contributed by atoms with Crippen LogP contribution in [0.2, 0.25) is 0 Å². The predicted molar refractivity (Wildman–Crippen MR) is 53.5 cm³/mol. The molecule has 0 bridgehead atoms.